The van der Waals surface area contributed by atoms with E-state index in [1.807, 2.05) is 37.3 Å². The maximum atomic E-state index is 15.2. The Morgan fingerprint density at radius 1 is 0.676 bits per heavy atom. The number of benzene rings is 4. The van der Waals surface area contributed by atoms with Crippen molar-refractivity contribution in [2.45, 2.75) is 52.4 Å². The Balaban J connectivity index is 1.46. The van der Waals surface area contributed by atoms with E-state index in [9.17, 15) is 0 Å². The van der Waals surface area contributed by atoms with Gasteiger partial charge in [0.2, 0.25) is 0 Å². The zero-order valence-electron chi connectivity index (χ0n) is 21.8. The molecule has 1 heteroatoms. The van der Waals surface area contributed by atoms with E-state index in [2.05, 4.69) is 79.2 Å². The van der Waals surface area contributed by atoms with Crippen molar-refractivity contribution in [2.75, 3.05) is 0 Å². The maximum absolute atomic E-state index is 15.2. The first-order valence-corrected chi connectivity index (χ1v) is 13.2. The minimum Gasteiger partial charge on any atom is -0.205 e. The highest BCUT2D eigenvalue weighted by molar-refractivity contribution is 5.86. The molecule has 4 aromatic carbocycles. The van der Waals surface area contributed by atoms with Crippen LogP contribution >= 0.6 is 0 Å². The van der Waals surface area contributed by atoms with Gasteiger partial charge in [-0.05, 0) is 91.6 Å². The summed E-state index contributed by atoms with van der Waals surface area (Å²) in [7, 11) is 0. The number of rotatable bonds is 7. The predicted octanol–water partition coefficient (Wildman–Crippen LogP) is 9.02. The van der Waals surface area contributed by atoms with Crippen molar-refractivity contribution in [3.05, 3.63) is 130 Å². The average molecular weight is 485 g/mol. The molecule has 4 rings (SSSR count). The average Bonchev–Trinajstić information content (AvgIpc) is 2.93. The fourth-order valence-electron chi connectivity index (χ4n) is 4.26. The minimum atomic E-state index is -0.283. The molecule has 0 aliphatic carbocycles. The van der Waals surface area contributed by atoms with E-state index in [0.29, 0.717) is 10.9 Å². The number of unbranched alkanes of at least 4 members (excludes halogenated alkanes) is 2. The number of halogens is 1. The Hall–Kier alpha value is -4.07. The van der Waals surface area contributed by atoms with Crippen LogP contribution in [0.4, 0.5) is 4.39 Å². The molecule has 0 saturated carbocycles. The van der Waals surface area contributed by atoms with Crippen molar-refractivity contribution in [1.29, 1.82) is 0 Å². The third kappa shape index (κ3) is 7.46. The van der Waals surface area contributed by atoms with Gasteiger partial charge in [0.1, 0.15) is 5.82 Å². The first kappa shape index (κ1) is 26.0. The van der Waals surface area contributed by atoms with Gasteiger partial charge in [-0.2, -0.15) is 0 Å². The van der Waals surface area contributed by atoms with E-state index in [0.717, 1.165) is 41.3 Å². The predicted molar refractivity (Wildman–Crippen MR) is 155 cm³/mol. The van der Waals surface area contributed by atoms with E-state index in [1.165, 1.54) is 30.4 Å². The van der Waals surface area contributed by atoms with Crippen LogP contribution in [0.25, 0.3) is 10.8 Å². The quantitative estimate of drug-likeness (QED) is 0.139. The third-order valence-corrected chi connectivity index (χ3v) is 6.46. The first-order valence-electron chi connectivity index (χ1n) is 13.2. The van der Waals surface area contributed by atoms with Crippen LogP contribution in [0.5, 0.6) is 0 Å². The molecule has 0 nitrogen and oxygen atoms in total. The van der Waals surface area contributed by atoms with Gasteiger partial charge >= 0.3 is 0 Å². The molecule has 0 atom stereocenters. The molecule has 0 fully saturated rings. The lowest BCUT2D eigenvalue weighted by molar-refractivity contribution is 0.636. The van der Waals surface area contributed by atoms with Gasteiger partial charge in [-0.3, -0.25) is 0 Å². The summed E-state index contributed by atoms with van der Waals surface area (Å²) in [5.74, 6) is 12.3. The molecule has 0 saturated heterocycles. The fraction of sp³-hybridized carbons (Fsp3) is 0.222. The molecule has 4 aromatic rings. The van der Waals surface area contributed by atoms with Crippen LogP contribution < -0.4 is 0 Å². The van der Waals surface area contributed by atoms with Crippen molar-refractivity contribution >= 4 is 10.8 Å². The van der Waals surface area contributed by atoms with Gasteiger partial charge in [-0.15, -0.1) is 0 Å². The fourth-order valence-corrected chi connectivity index (χ4v) is 4.26. The number of allylic oxidation sites excluding steroid dienone is 2. The van der Waals surface area contributed by atoms with Crippen molar-refractivity contribution < 1.29 is 4.39 Å². The van der Waals surface area contributed by atoms with Gasteiger partial charge in [-0.25, -0.2) is 4.39 Å². The Morgan fingerprint density at radius 3 is 1.97 bits per heavy atom. The second-order valence-corrected chi connectivity index (χ2v) is 9.32. The molecule has 0 bridgehead atoms. The summed E-state index contributed by atoms with van der Waals surface area (Å²) in [5, 5.41) is 1.39. The monoisotopic (exact) mass is 484 g/mol. The second-order valence-electron chi connectivity index (χ2n) is 9.32. The number of hydrogen-bond acceptors (Lipinski definition) is 0. The summed E-state index contributed by atoms with van der Waals surface area (Å²) in [5.41, 5.74) is 5.78. The molecule has 0 unspecified atom stereocenters. The Kier molecular flexibility index (Phi) is 9.35. The molecule has 0 aliphatic rings. The number of hydrogen-bond donors (Lipinski definition) is 0. The molecular weight excluding hydrogens is 451 g/mol. The smallest absolute Gasteiger partial charge is 0.146 e. The third-order valence-electron chi connectivity index (χ3n) is 6.46. The molecular formula is C36H33F. The zero-order valence-corrected chi connectivity index (χ0v) is 21.8. The van der Waals surface area contributed by atoms with Gasteiger partial charge in [-0.1, -0.05) is 92.0 Å². The number of fused-ring (bicyclic) bond motifs is 1. The summed E-state index contributed by atoms with van der Waals surface area (Å²) >= 11 is 0. The van der Waals surface area contributed by atoms with E-state index in [-0.39, 0.29) is 5.82 Å². The normalized spacial score (nSPS) is 10.7. The lowest BCUT2D eigenvalue weighted by Crippen LogP contribution is -1.88. The highest BCUT2D eigenvalue weighted by Crippen LogP contribution is 2.22. The summed E-state index contributed by atoms with van der Waals surface area (Å²) in [6, 6.07) is 26.0. The van der Waals surface area contributed by atoms with Crippen LogP contribution in [0.2, 0.25) is 0 Å². The SMILES string of the molecule is C/C=C/CCc1ccc(C#Cc2ccc3c(F)c(C#Cc4ccc(CCCCC)cc4)ccc3c2)cc1. The molecule has 0 heterocycles. The van der Waals surface area contributed by atoms with Crippen LogP contribution in [0.3, 0.4) is 0 Å². The largest absolute Gasteiger partial charge is 0.205 e. The molecule has 0 N–H and O–H groups in total. The molecule has 0 radical (unpaired) electrons. The highest BCUT2D eigenvalue weighted by atomic mass is 19.1. The van der Waals surface area contributed by atoms with Crippen LogP contribution in [-0.2, 0) is 12.8 Å². The van der Waals surface area contributed by atoms with Crippen LogP contribution in [0.15, 0.2) is 91.0 Å². The lowest BCUT2D eigenvalue weighted by atomic mass is 10.0. The molecule has 0 aliphatic heterocycles. The highest BCUT2D eigenvalue weighted by Gasteiger charge is 2.06. The lowest BCUT2D eigenvalue weighted by Gasteiger charge is -2.03. The molecule has 184 valence electrons. The molecule has 0 spiro atoms. The summed E-state index contributed by atoms with van der Waals surface area (Å²) in [4.78, 5) is 0. The van der Waals surface area contributed by atoms with Crippen LogP contribution in [0, 0.1) is 29.5 Å². The van der Waals surface area contributed by atoms with Gasteiger partial charge in [0.05, 0.1) is 5.56 Å². The van der Waals surface area contributed by atoms with Crippen LogP contribution in [0.1, 0.15) is 72.9 Å². The van der Waals surface area contributed by atoms with Crippen molar-refractivity contribution in [2.24, 2.45) is 0 Å². The topological polar surface area (TPSA) is 0 Å². The van der Waals surface area contributed by atoms with Crippen LogP contribution in [-0.4, -0.2) is 0 Å². The maximum Gasteiger partial charge on any atom is 0.146 e. The molecule has 0 aromatic heterocycles. The van der Waals surface area contributed by atoms with Gasteiger partial charge in [0, 0.05) is 22.1 Å². The van der Waals surface area contributed by atoms with E-state index < -0.39 is 0 Å². The van der Waals surface area contributed by atoms with Crippen molar-refractivity contribution in [1.82, 2.24) is 0 Å². The molecule has 37 heavy (non-hydrogen) atoms. The summed E-state index contributed by atoms with van der Waals surface area (Å²) < 4.78 is 15.2. The van der Waals surface area contributed by atoms with Gasteiger partial charge in [0.15, 0.2) is 0 Å². The Labute approximate surface area is 221 Å². The van der Waals surface area contributed by atoms with Crippen molar-refractivity contribution in [3.63, 3.8) is 0 Å². The number of aryl methyl sites for hydroxylation is 2. The van der Waals surface area contributed by atoms with E-state index >= 15 is 4.39 Å². The Bertz CT molecular complexity index is 1480. The Morgan fingerprint density at radius 2 is 1.30 bits per heavy atom. The second kappa shape index (κ2) is 13.3. The van der Waals surface area contributed by atoms with E-state index in [4.69, 9.17) is 0 Å². The standard InChI is InChI=1S/C36H33F/c1-3-5-7-9-28-11-15-30(16-12-28)19-20-32-22-26-35-34(27-32)25-24-33(36(35)37)23-21-31-17-13-29(14-18-31)10-8-6-4-2/h3,5,11-18,22,24-27H,4,6-10H2,1-2H3/b5-3+. The molecule has 0 amide bonds. The summed E-state index contributed by atoms with van der Waals surface area (Å²) in [6.45, 7) is 4.26. The summed E-state index contributed by atoms with van der Waals surface area (Å²) in [6.07, 6.45) is 11.1. The first-order chi connectivity index (χ1) is 18.2. The van der Waals surface area contributed by atoms with Gasteiger partial charge in [0.25, 0.3) is 0 Å². The zero-order chi connectivity index (χ0) is 25.9. The van der Waals surface area contributed by atoms with Crippen molar-refractivity contribution in [3.8, 4) is 23.7 Å². The van der Waals surface area contributed by atoms with E-state index in [1.54, 1.807) is 12.1 Å². The minimum absolute atomic E-state index is 0.283. The van der Waals surface area contributed by atoms with Gasteiger partial charge < -0.3 is 0 Å².